The van der Waals surface area contributed by atoms with Crippen molar-refractivity contribution in [3.8, 4) is 0 Å². The number of likely N-dealkylation sites (tertiary alicyclic amines) is 1. The Hall–Kier alpha value is -2.35. The molecular weight excluding hydrogens is 296 g/mol. The van der Waals surface area contributed by atoms with Crippen molar-refractivity contribution >= 4 is 29.2 Å². The number of urea groups is 1. The zero-order valence-electron chi connectivity index (χ0n) is 13.2. The normalized spacial score (nSPS) is 17.8. The molecule has 0 aliphatic carbocycles. The molecule has 1 fully saturated rings. The van der Waals surface area contributed by atoms with E-state index < -0.39 is 0 Å². The van der Waals surface area contributed by atoms with Gasteiger partial charge < -0.3 is 20.6 Å². The first-order valence-electron chi connectivity index (χ1n) is 7.96. The van der Waals surface area contributed by atoms with Crippen molar-refractivity contribution in [2.75, 3.05) is 36.8 Å². The van der Waals surface area contributed by atoms with Gasteiger partial charge in [0.05, 0.1) is 18.3 Å². The molecule has 23 heavy (non-hydrogen) atoms. The fourth-order valence-electron chi connectivity index (χ4n) is 2.70. The Morgan fingerprint density at radius 1 is 1.43 bits per heavy atom. The van der Waals surface area contributed by atoms with Crippen molar-refractivity contribution < 1.29 is 9.90 Å². The third-order valence-corrected chi connectivity index (χ3v) is 3.96. The van der Waals surface area contributed by atoms with Crippen LogP contribution in [0.4, 0.5) is 22.1 Å². The Kier molecular flexibility index (Phi) is 4.61. The van der Waals surface area contributed by atoms with Crippen molar-refractivity contribution in [2.24, 2.45) is 4.99 Å². The van der Waals surface area contributed by atoms with Crippen molar-refractivity contribution in [1.29, 1.82) is 0 Å². The maximum atomic E-state index is 11.6. The lowest BCUT2D eigenvalue weighted by molar-refractivity contribution is 0.109. The molecule has 4 N–H and O–H groups in total. The number of rotatable bonds is 2. The van der Waals surface area contributed by atoms with E-state index in [0.29, 0.717) is 24.7 Å². The summed E-state index contributed by atoms with van der Waals surface area (Å²) in [7, 11) is 0. The van der Waals surface area contributed by atoms with Gasteiger partial charge >= 0.3 is 6.03 Å². The topological polar surface area (TPSA) is 102 Å². The van der Waals surface area contributed by atoms with E-state index in [2.05, 4.69) is 30.8 Å². The number of hydrogen-bond donors (Lipinski definition) is 4. The van der Waals surface area contributed by atoms with Crippen LogP contribution in [0.5, 0.6) is 0 Å². The summed E-state index contributed by atoms with van der Waals surface area (Å²) in [6.45, 7) is 4.66. The highest BCUT2D eigenvalue weighted by atomic mass is 16.3. The number of aliphatic imine (C=N–C) groups is 1. The lowest BCUT2D eigenvalue weighted by Gasteiger charge is -2.33. The third-order valence-electron chi connectivity index (χ3n) is 3.96. The average molecular weight is 318 g/mol. The minimum Gasteiger partial charge on any atom is -0.393 e. The summed E-state index contributed by atoms with van der Waals surface area (Å²) in [4.78, 5) is 22.8. The largest absolute Gasteiger partial charge is 0.393 e. The summed E-state index contributed by atoms with van der Waals surface area (Å²) in [5.41, 5.74) is 0.854. The molecule has 0 spiro atoms. The van der Waals surface area contributed by atoms with Gasteiger partial charge in [-0.2, -0.15) is 0 Å². The van der Waals surface area contributed by atoms with Crippen molar-refractivity contribution in [3.63, 3.8) is 0 Å². The first kappa shape index (κ1) is 15.5. The molecule has 0 atom stereocenters. The Morgan fingerprint density at radius 3 is 2.96 bits per heavy atom. The number of carbonyl (C=O) groups is 1. The molecule has 2 aliphatic rings. The Morgan fingerprint density at radius 2 is 2.22 bits per heavy atom. The SMILES string of the molecule is CCNC(=O)Nc1ccc2c(n1)N=C(N1CCC(O)CC1)CN2. The Bertz CT molecular complexity index is 610. The molecule has 0 saturated carbocycles. The molecule has 8 heteroatoms. The fraction of sp³-hybridized carbons (Fsp3) is 0.533. The predicted molar refractivity (Wildman–Crippen MR) is 89.3 cm³/mol. The lowest BCUT2D eigenvalue weighted by atomic mass is 10.1. The molecule has 3 rings (SSSR count). The number of aliphatic hydroxyl groups is 1. The quantitative estimate of drug-likeness (QED) is 0.655. The molecule has 0 radical (unpaired) electrons. The van der Waals surface area contributed by atoms with E-state index >= 15 is 0 Å². The van der Waals surface area contributed by atoms with E-state index in [1.54, 1.807) is 6.07 Å². The molecule has 2 amide bonds. The van der Waals surface area contributed by atoms with Crippen LogP contribution in [0.25, 0.3) is 0 Å². The summed E-state index contributed by atoms with van der Waals surface area (Å²) < 4.78 is 0. The van der Waals surface area contributed by atoms with Crippen LogP contribution in [-0.2, 0) is 0 Å². The maximum absolute atomic E-state index is 11.6. The van der Waals surface area contributed by atoms with Gasteiger partial charge in [0.15, 0.2) is 5.82 Å². The van der Waals surface area contributed by atoms with Crippen molar-refractivity contribution in [3.05, 3.63) is 12.1 Å². The van der Waals surface area contributed by atoms with Crippen molar-refractivity contribution in [1.82, 2.24) is 15.2 Å². The third kappa shape index (κ3) is 3.70. The summed E-state index contributed by atoms with van der Waals surface area (Å²) >= 11 is 0. The van der Waals surface area contributed by atoms with Gasteiger partial charge in [-0.1, -0.05) is 0 Å². The second-order valence-electron chi connectivity index (χ2n) is 5.65. The zero-order valence-corrected chi connectivity index (χ0v) is 13.2. The predicted octanol–water partition coefficient (Wildman–Crippen LogP) is 1.14. The number of aromatic nitrogens is 1. The van der Waals surface area contributed by atoms with Crippen LogP contribution in [0, 0.1) is 0 Å². The van der Waals surface area contributed by atoms with Gasteiger partial charge in [0.25, 0.3) is 0 Å². The van der Waals surface area contributed by atoms with Crippen LogP contribution in [0.1, 0.15) is 19.8 Å². The maximum Gasteiger partial charge on any atom is 0.320 e. The minimum absolute atomic E-state index is 0.207. The van der Waals surface area contributed by atoms with Gasteiger partial charge in [-0.05, 0) is 31.9 Å². The van der Waals surface area contributed by atoms with Crippen LogP contribution < -0.4 is 16.0 Å². The molecule has 1 aromatic heterocycles. The lowest BCUT2D eigenvalue weighted by Crippen LogP contribution is -2.43. The van der Waals surface area contributed by atoms with E-state index in [9.17, 15) is 9.90 Å². The van der Waals surface area contributed by atoms with E-state index in [1.807, 2.05) is 13.0 Å². The molecule has 124 valence electrons. The van der Waals surface area contributed by atoms with Gasteiger partial charge in [-0.15, -0.1) is 0 Å². The van der Waals surface area contributed by atoms with Crippen molar-refractivity contribution in [2.45, 2.75) is 25.9 Å². The standard InChI is InChI=1S/C15H22N6O2/c1-2-16-15(23)19-12-4-3-11-14(18-12)20-13(9-17-11)21-7-5-10(22)6-8-21/h3-4,10,17,22H,2,5-9H2,1H3,(H2,16,18,19,23). The number of pyridine rings is 1. The number of amides is 2. The monoisotopic (exact) mass is 318 g/mol. The highest BCUT2D eigenvalue weighted by Gasteiger charge is 2.23. The van der Waals surface area contributed by atoms with Crippen LogP contribution >= 0.6 is 0 Å². The van der Waals surface area contributed by atoms with E-state index in [-0.39, 0.29) is 12.1 Å². The zero-order chi connectivity index (χ0) is 16.2. The van der Waals surface area contributed by atoms with Gasteiger partial charge in [0.1, 0.15) is 11.7 Å². The van der Waals surface area contributed by atoms with Crippen LogP contribution in [0.15, 0.2) is 17.1 Å². The fourth-order valence-corrected chi connectivity index (χ4v) is 2.70. The number of aliphatic hydroxyl groups excluding tert-OH is 1. The highest BCUT2D eigenvalue weighted by molar-refractivity contribution is 5.94. The highest BCUT2D eigenvalue weighted by Crippen LogP contribution is 2.28. The van der Waals surface area contributed by atoms with Gasteiger partial charge in [-0.3, -0.25) is 5.32 Å². The Balaban J connectivity index is 1.74. The molecule has 0 aromatic carbocycles. The van der Waals surface area contributed by atoms with Gasteiger partial charge in [-0.25, -0.2) is 14.8 Å². The molecular formula is C15H22N6O2. The molecule has 8 nitrogen and oxygen atoms in total. The molecule has 0 bridgehead atoms. The number of nitrogens with zero attached hydrogens (tertiary/aromatic N) is 3. The number of anilines is 2. The smallest absolute Gasteiger partial charge is 0.320 e. The van der Waals surface area contributed by atoms with Gasteiger partial charge in [0.2, 0.25) is 0 Å². The van der Waals surface area contributed by atoms with E-state index in [0.717, 1.165) is 37.5 Å². The summed E-state index contributed by atoms with van der Waals surface area (Å²) in [5.74, 6) is 1.97. The molecule has 0 unspecified atom stereocenters. The van der Waals surface area contributed by atoms with Gasteiger partial charge in [0, 0.05) is 19.6 Å². The molecule has 3 heterocycles. The van der Waals surface area contributed by atoms with E-state index in [1.165, 1.54) is 0 Å². The summed E-state index contributed by atoms with van der Waals surface area (Å²) in [6.07, 6.45) is 1.32. The van der Waals surface area contributed by atoms with Crippen LogP contribution in [-0.4, -0.2) is 59.1 Å². The van der Waals surface area contributed by atoms with Crippen LogP contribution in [0.2, 0.25) is 0 Å². The summed E-state index contributed by atoms with van der Waals surface area (Å²) in [6, 6.07) is 3.33. The number of piperidine rings is 1. The first-order chi connectivity index (χ1) is 11.2. The number of carbonyl (C=O) groups excluding carboxylic acids is 1. The first-order valence-corrected chi connectivity index (χ1v) is 7.96. The minimum atomic E-state index is -0.280. The van der Waals surface area contributed by atoms with Crippen LogP contribution in [0.3, 0.4) is 0 Å². The average Bonchev–Trinajstić information content (AvgIpc) is 2.55. The second-order valence-corrected chi connectivity index (χ2v) is 5.65. The van der Waals surface area contributed by atoms with E-state index in [4.69, 9.17) is 0 Å². The molecule has 1 aromatic rings. The summed E-state index contributed by atoms with van der Waals surface area (Å²) in [5, 5.41) is 18.3. The number of fused-ring (bicyclic) bond motifs is 1. The number of nitrogens with one attached hydrogen (secondary N) is 3. The number of hydrogen-bond acceptors (Lipinski definition) is 6. The second kappa shape index (κ2) is 6.82. The Labute approximate surface area is 135 Å². The molecule has 2 aliphatic heterocycles. The number of amidine groups is 1. The molecule has 1 saturated heterocycles.